The molecule has 8 heteroatoms. The average molecular weight is 387 g/mol. The van der Waals surface area contributed by atoms with Crippen LogP contribution in [0.15, 0.2) is 41.3 Å². The predicted molar refractivity (Wildman–Crippen MR) is 96.5 cm³/mol. The van der Waals surface area contributed by atoms with Crippen molar-refractivity contribution in [3.8, 4) is 0 Å². The molecule has 126 valence electrons. The topological polar surface area (TPSA) is 58.2 Å². The van der Waals surface area contributed by atoms with Gasteiger partial charge >= 0.3 is 0 Å². The van der Waals surface area contributed by atoms with Gasteiger partial charge in [-0.25, -0.2) is 4.39 Å². The van der Waals surface area contributed by atoms with Gasteiger partial charge in [0.15, 0.2) is 0 Å². The summed E-state index contributed by atoms with van der Waals surface area (Å²) in [5.41, 5.74) is 0.383. The van der Waals surface area contributed by atoms with Crippen LogP contribution in [-0.2, 0) is 9.59 Å². The number of carbonyl (C=O) groups is 2. The molecule has 0 unspecified atom stereocenters. The summed E-state index contributed by atoms with van der Waals surface area (Å²) in [7, 11) is 0. The van der Waals surface area contributed by atoms with Gasteiger partial charge in [-0.2, -0.15) is 0 Å². The largest absolute Gasteiger partial charge is 0.325 e. The molecule has 0 saturated heterocycles. The van der Waals surface area contributed by atoms with E-state index in [1.54, 1.807) is 18.2 Å². The molecule has 0 aromatic heterocycles. The third-order valence-electron chi connectivity index (χ3n) is 2.81. The number of carbonyl (C=O) groups excluding carboxylic acids is 2. The van der Waals surface area contributed by atoms with Crippen LogP contribution in [0.5, 0.6) is 0 Å². The standard InChI is InChI=1S/C16H13Cl2FN2O2S/c1-9(22)20-14-7-11(3-5-13(14)19)21-16(23)8-24-15-6-10(17)2-4-12(15)18/h2-7H,8H2,1H3,(H,20,22)(H,21,23). The molecule has 0 bridgehead atoms. The van der Waals surface area contributed by atoms with E-state index in [9.17, 15) is 14.0 Å². The fraction of sp³-hybridized carbons (Fsp3) is 0.125. The van der Waals surface area contributed by atoms with Crippen LogP contribution in [0.3, 0.4) is 0 Å². The number of nitrogens with one attached hydrogen (secondary N) is 2. The molecule has 2 aromatic carbocycles. The van der Waals surface area contributed by atoms with Crippen LogP contribution < -0.4 is 10.6 Å². The first-order valence-corrected chi connectivity index (χ1v) is 8.54. The minimum absolute atomic E-state index is 0.00541. The molecule has 0 fully saturated rings. The van der Waals surface area contributed by atoms with Crippen molar-refractivity contribution in [1.29, 1.82) is 0 Å². The number of amides is 2. The third kappa shape index (κ3) is 5.40. The lowest BCUT2D eigenvalue weighted by molar-refractivity contribution is -0.114. The van der Waals surface area contributed by atoms with Crippen LogP contribution >= 0.6 is 35.0 Å². The number of anilines is 2. The van der Waals surface area contributed by atoms with Crippen molar-refractivity contribution in [3.05, 3.63) is 52.3 Å². The molecule has 0 spiro atoms. The summed E-state index contributed by atoms with van der Waals surface area (Å²) in [5, 5.41) is 6.02. The fourth-order valence-electron chi connectivity index (χ4n) is 1.82. The first-order chi connectivity index (χ1) is 11.3. The summed E-state index contributed by atoms with van der Waals surface area (Å²) in [5.74, 6) is -1.17. The maximum absolute atomic E-state index is 13.6. The molecule has 0 aliphatic heterocycles. The Balaban J connectivity index is 1.99. The van der Waals surface area contributed by atoms with Crippen molar-refractivity contribution in [1.82, 2.24) is 0 Å². The summed E-state index contributed by atoms with van der Waals surface area (Å²) in [6, 6.07) is 8.93. The second-order valence-corrected chi connectivity index (χ2v) is 6.65. The highest BCUT2D eigenvalue weighted by molar-refractivity contribution is 8.00. The monoisotopic (exact) mass is 386 g/mol. The molecule has 4 nitrogen and oxygen atoms in total. The third-order valence-corrected chi connectivity index (χ3v) is 4.54. The highest BCUT2D eigenvalue weighted by atomic mass is 35.5. The Morgan fingerprint density at radius 1 is 1.12 bits per heavy atom. The predicted octanol–water partition coefficient (Wildman–Crippen LogP) is 4.82. The first kappa shape index (κ1) is 18.6. The zero-order valence-electron chi connectivity index (χ0n) is 12.5. The number of rotatable bonds is 5. The highest BCUT2D eigenvalue weighted by Crippen LogP contribution is 2.30. The zero-order valence-corrected chi connectivity index (χ0v) is 14.9. The molecule has 2 rings (SSSR count). The van der Waals surface area contributed by atoms with Crippen molar-refractivity contribution in [2.75, 3.05) is 16.4 Å². The molecule has 0 radical (unpaired) electrons. The smallest absolute Gasteiger partial charge is 0.234 e. The van der Waals surface area contributed by atoms with Crippen molar-refractivity contribution in [3.63, 3.8) is 0 Å². The van der Waals surface area contributed by atoms with Gasteiger partial charge in [-0.1, -0.05) is 23.2 Å². The van der Waals surface area contributed by atoms with Gasteiger partial charge in [0.05, 0.1) is 16.5 Å². The molecule has 2 aromatic rings. The Morgan fingerprint density at radius 2 is 1.88 bits per heavy atom. The van der Waals surface area contributed by atoms with Crippen LogP contribution in [-0.4, -0.2) is 17.6 Å². The zero-order chi connectivity index (χ0) is 17.7. The summed E-state index contributed by atoms with van der Waals surface area (Å²) < 4.78 is 13.6. The maximum Gasteiger partial charge on any atom is 0.234 e. The number of thioether (sulfide) groups is 1. The highest BCUT2D eigenvalue weighted by Gasteiger charge is 2.10. The van der Waals surface area contributed by atoms with Gasteiger partial charge < -0.3 is 10.6 Å². The number of benzene rings is 2. The lowest BCUT2D eigenvalue weighted by Gasteiger charge is -2.09. The minimum Gasteiger partial charge on any atom is -0.325 e. The molecule has 0 heterocycles. The van der Waals surface area contributed by atoms with E-state index in [4.69, 9.17) is 23.2 Å². The van der Waals surface area contributed by atoms with E-state index in [2.05, 4.69) is 10.6 Å². The quantitative estimate of drug-likeness (QED) is 0.724. The Hall–Kier alpha value is -1.76. The van der Waals surface area contributed by atoms with E-state index in [-0.39, 0.29) is 17.3 Å². The SMILES string of the molecule is CC(=O)Nc1cc(NC(=O)CSc2cc(Cl)ccc2Cl)ccc1F. The van der Waals surface area contributed by atoms with E-state index < -0.39 is 11.7 Å². The lowest BCUT2D eigenvalue weighted by Crippen LogP contribution is -2.15. The van der Waals surface area contributed by atoms with Crippen LogP contribution in [0.25, 0.3) is 0 Å². The van der Waals surface area contributed by atoms with E-state index >= 15 is 0 Å². The van der Waals surface area contributed by atoms with Gasteiger partial charge in [0, 0.05) is 22.5 Å². The molecule has 0 atom stereocenters. The first-order valence-electron chi connectivity index (χ1n) is 6.80. The molecular weight excluding hydrogens is 374 g/mol. The maximum atomic E-state index is 13.6. The summed E-state index contributed by atoms with van der Waals surface area (Å²) in [6.45, 7) is 1.27. The van der Waals surface area contributed by atoms with E-state index in [1.165, 1.54) is 36.9 Å². The van der Waals surface area contributed by atoms with Gasteiger partial charge in [-0.3, -0.25) is 9.59 Å². The van der Waals surface area contributed by atoms with Crippen molar-refractivity contribution >= 4 is 58.2 Å². The molecule has 0 saturated carbocycles. The summed E-state index contributed by atoms with van der Waals surface area (Å²) in [4.78, 5) is 23.7. The molecule has 0 aliphatic carbocycles. The minimum atomic E-state index is -0.580. The second kappa shape index (κ2) is 8.37. The van der Waals surface area contributed by atoms with Gasteiger partial charge in [0.2, 0.25) is 11.8 Å². The Labute approximate surface area is 152 Å². The van der Waals surface area contributed by atoms with Crippen LogP contribution in [0, 0.1) is 5.82 Å². The number of hydrogen-bond donors (Lipinski definition) is 2. The number of halogens is 3. The fourth-order valence-corrected chi connectivity index (χ4v) is 3.11. The summed E-state index contributed by atoms with van der Waals surface area (Å²) >= 11 is 13.2. The van der Waals surface area contributed by atoms with Crippen molar-refractivity contribution < 1.29 is 14.0 Å². The second-order valence-electron chi connectivity index (χ2n) is 4.79. The van der Waals surface area contributed by atoms with Gasteiger partial charge in [-0.05, 0) is 36.4 Å². The van der Waals surface area contributed by atoms with Crippen LogP contribution in [0.2, 0.25) is 10.0 Å². The molecular formula is C16H13Cl2FN2O2S. The van der Waals surface area contributed by atoms with Crippen molar-refractivity contribution in [2.45, 2.75) is 11.8 Å². The van der Waals surface area contributed by atoms with Gasteiger partial charge in [0.25, 0.3) is 0 Å². The number of hydrogen-bond acceptors (Lipinski definition) is 3. The van der Waals surface area contributed by atoms with Crippen LogP contribution in [0.1, 0.15) is 6.92 Å². The Bertz CT molecular complexity index is 787. The Morgan fingerprint density at radius 3 is 2.58 bits per heavy atom. The lowest BCUT2D eigenvalue weighted by atomic mass is 10.2. The normalized spacial score (nSPS) is 10.3. The van der Waals surface area contributed by atoms with E-state index in [0.29, 0.717) is 20.6 Å². The van der Waals surface area contributed by atoms with E-state index in [1.807, 2.05) is 0 Å². The van der Waals surface area contributed by atoms with Gasteiger partial charge in [-0.15, -0.1) is 11.8 Å². The molecule has 0 aliphatic rings. The molecule has 24 heavy (non-hydrogen) atoms. The average Bonchev–Trinajstić information content (AvgIpc) is 2.51. The van der Waals surface area contributed by atoms with Crippen molar-refractivity contribution in [2.24, 2.45) is 0 Å². The molecule has 2 amide bonds. The molecule has 2 N–H and O–H groups in total. The van der Waals surface area contributed by atoms with Gasteiger partial charge in [0.1, 0.15) is 5.82 Å². The Kier molecular flexibility index (Phi) is 6.48. The van der Waals surface area contributed by atoms with Crippen LogP contribution in [0.4, 0.5) is 15.8 Å². The van der Waals surface area contributed by atoms with E-state index in [0.717, 1.165) is 0 Å². The summed E-state index contributed by atoms with van der Waals surface area (Å²) in [6.07, 6.45) is 0.